The number of nitrogens with one attached hydrogen (secondary N) is 1. The van der Waals surface area contributed by atoms with Crippen LogP contribution < -0.4 is 10.6 Å². The van der Waals surface area contributed by atoms with Gasteiger partial charge in [0.2, 0.25) is 0 Å². The Labute approximate surface area is 107 Å². The van der Waals surface area contributed by atoms with Crippen LogP contribution in [0.3, 0.4) is 0 Å². The third-order valence-corrected chi connectivity index (χ3v) is 4.35. The molecule has 0 bridgehead atoms. The largest absolute Gasteiger partial charge is 0.393 e. The Morgan fingerprint density at radius 1 is 1.28 bits per heavy atom. The van der Waals surface area contributed by atoms with E-state index in [0.29, 0.717) is 11.8 Å². The van der Waals surface area contributed by atoms with Crippen molar-refractivity contribution in [1.82, 2.24) is 0 Å². The molecular formula is C14H19N3O. The number of benzene rings is 1. The van der Waals surface area contributed by atoms with E-state index in [-0.39, 0.29) is 11.9 Å². The minimum atomic E-state index is -0.149. The molecule has 1 heterocycles. The van der Waals surface area contributed by atoms with Gasteiger partial charge in [-0.05, 0) is 30.9 Å². The van der Waals surface area contributed by atoms with Crippen LogP contribution in [0.5, 0.6) is 0 Å². The molecule has 4 heteroatoms. The highest BCUT2D eigenvalue weighted by molar-refractivity contribution is 6.00. The number of fused-ring (bicyclic) bond motifs is 1. The zero-order valence-corrected chi connectivity index (χ0v) is 10.3. The Morgan fingerprint density at radius 2 is 2.06 bits per heavy atom. The number of nitrogens with two attached hydrogens (primary N) is 1. The Morgan fingerprint density at radius 3 is 2.78 bits per heavy atom. The van der Waals surface area contributed by atoms with Gasteiger partial charge in [0.25, 0.3) is 0 Å². The van der Waals surface area contributed by atoms with Gasteiger partial charge in [-0.15, -0.1) is 0 Å². The van der Waals surface area contributed by atoms with E-state index in [1.165, 1.54) is 0 Å². The van der Waals surface area contributed by atoms with Crippen LogP contribution in [0.1, 0.15) is 18.4 Å². The van der Waals surface area contributed by atoms with Crippen molar-refractivity contribution in [2.45, 2.75) is 18.9 Å². The number of aliphatic hydroxyl groups excluding tert-OH is 1. The lowest BCUT2D eigenvalue weighted by molar-refractivity contribution is 0.133. The zero-order valence-electron chi connectivity index (χ0n) is 10.3. The van der Waals surface area contributed by atoms with Crippen LogP contribution >= 0.6 is 0 Å². The molecule has 4 N–H and O–H groups in total. The number of nitrogen functional groups attached to an aromatic ring is 1. The van der Waals surface area contributed by atoms with E-state index in [0.717, 1.165) is 37.2 Å². The van der Waals surface area contributed by atoms with Gasteiger partial charge in [-0.25, -0.2) is 0 Å². The number of anilines is 1. The Balaban J connectivity index is 1.87. The molecule has 0 aromatic heterocycles. The molecule has 1 aromatic carbocycles. The molecule has 1 aromatic rings. The highest BCUT2D eigenvalue weighted by Crippen LogP contribution is 2.40. The van der Waals surface area contributed by atoms with Crippen molar-refractivity contribution in [2.75, 3.05) is 18.0 Å². The van der Waals surface area contributed by atoms with E-state index in [4.69, 9.17) is 11.1 Å². The summed E-state index contributed by atoms with van der Waals surface area (Å²) in [6.07, 6.45) is 1.91. The van der Waals surface area contributed by atoms with Crippen molar-refractivity contribution in [3.8, 4) is 0 Å². The molecular weight excluding hydrogens is 226 g/mol. The van der Waals surface area contributed by atoms with Gasteiger partial charge in [-0.3, -0.25) is 5.41 Å². The quantitative estimate of drug-likeness (QED) is 0.541. The Bertz CT molecular complexity index is 474. The standard InChI is InChI=1S/C14H19N3O/c15-14(16)10-3-1-2-4-12(10)17-7-9-5-6-13(18)11(9)8-17/h1-4,9,11,13,18H,5-8H2,(H3,15,16). The predicted octanol–water partition coefficient (Wildman–Crippen LogP) is 1.18. The molecule has 1 aliphatic heterocycles. The lowest BCUT2D eigenvalue weighted by atomic mass is 10.00. The second-order valence-corrected chi connectivity index (χ2v) is 5.40. The number of hydrogen-bond acceptors (Lipinski definition) is 3. The van der Waals surface area contributed by atoms with Crippen molar-refractivity contribution in [3.63, 3.8) is 0 Å². The summed E-state index contributed by atoms with van der Waals surface area (Å²) in [5.74, 6) is 1.10. The number of rotatable bonds is 2. The Kier molecular flexibility index (Phi) is 2.74. The molecule has 1 saturated heterocycles. The summed E-state index contributed by atoms with van der Waals surface area (Å²) in [5, 5.41) is 17.6. The number of amidine groups is 1. The summed E-state index contributed by atoms with van der Waals surface area (Å²) in [6.45, 7) is 1.86. The highest BCUT2D eigenvalue weighted by atomic mass is 16.3. The molecule has 0 radical (unpaired) electrons. The average Bonchev–Trinajstić information content (AvgIpc) is 2.92. The van der Waals surface area contributed by atoms with Gasteiger partial charge in [0.15, 0.2) is 0 Å². The fraction of sp³-hybridized carbons (Fsp3) is 0.500. The molecule has 1 saturated carbocycles. The minimum Gasteiger partial charge on any atom is -0.393 e. The first-order chi connectivity index (χ1) is 8.66. The summed E-state index contributed by atoms with van der Waals surface area (Å²) in [5.41, 5.74) is 7.46. The van der Waals surface area contributed by atoms with Crippen molar-refractivity contribution in [2.24, 2.45) is 17.6 Å². The SMILES string of the molecule is N=C(N)c1ccccc1N1CC2CCC(O)C2C1. The van der Waals surface area contributed by atoms with Crippen molar-refractivity contribution in [1.29, 1.82) is 5.41 Å². The van der Waals surface area contributed by atoms with Crippen molar-refractivity contribution in [3.05, 3.63) is 29.8 Å². The lowest BCUT2D eigenvalue weighted by Gasteiger charge is -2.23. The summed E-state index contributed by atoms with van der Waals surface area (Å²) >= 11 is 0. The molecule has 0 amide bonds. The zero-order chi connectivity index (χ0) is 12.7. The molecule has 96 valence electrons. The first-order valence-electron chi connectivity index (χ1n) is 6.53. The molecule has 18 heavy (non-hydrogen) atoms. The molecule has 0 spiro atoms. The van der Waals surface area contributed by atoms with Crippen LogP contribution in [-0.4, -0.2) is 30.1 Å². The van der Waals surface area contributed by atoms with Crippen LogP contribution in [0.25, 0.3) is 0 Å². The maximum atomic E-state index is 9.95. The van der Waals surface area contributed by atoms with Crippen LogP contribution in [0.2, 0.25) is 0 Å². The third-order valence-electron chi connectivity index (χ3n) is 4.35. The first kappa shape index (κ1) is 11.5. The topological polar surface area (TPSA) is 73.3 Å². The number of hydrogen-bond donors (Lipinski definition) is 3. The molecule has 2 aliphatic rings. The first-order valence-corrected chi connectivity index (χ1v) is 6.53. The van der Waals surface area contributed by atoms with E-state index in [9.17, 15) is 5.11 Å². The van der Waals surface area contributed by atoms with E-state index in [2.05, 4.69) is 4.90 Å². The van der Waals surface area contributed by atoms with Gasteiger partial charge in [0, 0.05) is 30.3 Å². The van der Waals surface area contributed by atoms with Crippen molar-refractivity contribution < 1.29 is 5.11 Å². The van der Waals surface area contributed by atoms with E-state index >= 15 is 0 Å². The van der Waals surface area contributed by atoms with Crippen LogP contribution in [-0.2, 0) is 0 Å². The van der Waals surface area contributed by atoms with Crippen molar-refractivity contribution >= 4 is 11.5 Å². The summed E-state index contributed by atoms with van der Waals surface area (Å²) in [6, 6.07) is 7.80. The maximum Gasteiger partial charge on any atom is 0.124 e. The Hall–Kier alpha value is -1.55. The molecule has 2 fully saturated rings. The van der Waals surface area contributed by atoms with Crippen LogP contribution in [0, 0.1) is 17.2 Å². The minimum absolute atomic E-state index is 0.114. The molecule has 3 rings (SSSR count). The third kappa shape index (κ3) is 1.77. The smallest absolute Gasteiger partial charge is 0.124 e. The van der Waals surface area contributed by atoms with Gasteiger partial charge in [-0.1, -0.05) is 12.1 Å². The van der Waals surface area contributed by atoms with Gasteiger partial charge < -0.3 is 15.7 Å². The van der Waals surface area contributed by atoms with E-state index < -0.39 is 0 Å². The highest BCUT2D eigenvalue weighted by Gasteiger charge is 2.42. The second-order valence-electron chi connectivity index (χ2n) is 5.40. The van der Waals surface area contributed by atoms with Gasteiger partial charge >= 0.3 is 0 Å². The summed E-state index contributed by atoms with van der Waals surface area (Å²) in [7, 11) is 0. The lowest BCUT2D eigenvalue weighted by Crippen LogP contribution is -2.27. The van der Waals surface area contributed by atoms with E-state index in [1.807, 2.05) is 24.3 Å². The summed E-state index contributed by atoms with van der Waals surface area (Å²) in [4.78, 5) is 2.27. The van der Waals surface area contributed by atoms with E-state index in [1.54, 1.807) is 0 Å². The average molecular weight is 245 g/mol. The molecule has 4 nitrogen and oxygen atoms in total. The molecule has 3 unspecified atom stereocenters. The number of para-hydroxylation sites is 1. The molecule has 1 aliphatic carbocycles. The fourth-order valence-corrected chi connectivity index (χ4v) is 3.41. The fourth-order valence-electron chi connectivity index (χ4n) is 3.41. The second kappa shape index (κ2) is 4.28. The normalized spacial score (nSPS) is 30.5. The predicted molar refractivity (Wildman–Crippen MR) is 71.9 cm³/mol. The van der Waals surface area contributed by atoms with Gasteiger partial charge in [0.1, 0.15) is 5.84 Å². The van der Waals surface area contributed by atoms with Crippen LogP contribution in [0.4, 0.5) is 5.69 Å². The maximum absolute atomic E-state index is 9.95. The molecule has 3 atom stereocenters. The summed E-state index contributed by atoms with van der Waals surface area (Å²) < 4.78 is 0. The van der Waals surface area contributed by atoms with Gasteiger partial charge in [-0.2, -0.15) is 0 Å². The number of nitrogens with zero attached hydrogens (tertiary/aromatic N) is 1. The number of aliphatic hydroxyl groups is 1. The van der Waals surface area contributed by atoms with Gasteiger partial charge in [0.05, 0.1) is 6.10 Å². The van der Waals surface area contributed by atoms with Crippen LogP contribution in [0.15, 0.2) is 24.3 Å². The monoisotopic (exact) mass is 245 g/mol.